The molecule has 25 heavy (non-hydrogen) atoms. The van der Waals surface area contributed by atoms with Crippen LogP contribution in [0.1, 0.15) is 42.8 Å². The second-order valence-corrected chi connectivity index (χ2v) is 7.39. The van der Waals surface area contributed by atoms with Crippen LogP contribution in [0.25, 0.3) is 0 Å². The molecule has 1 amide bonds. The summed E-state index contributed by atoms with van der Waals surface area (Å²) < 4.78 is 2.06. The van der Waals surface area contributed by atoms with Crippen LogP contribution in [0.4, 0.5) is 0 Å². The molecule has 0 radical (unpaired) electrons. The molecule has 0 aliphatic heterocycles. The van der Waals surface area contributed by atoms with E-state index in [4.69, 9.17) is 11.6 Å². The Kier molecular flexibility index (Phi) is 7.06. The first-order chi connectivity index (χ1) is 11.9. The smallest absolute Gasteiger partial charge is 0.220 e. The fraction of sp³-hybridized carbons (Fsp3) is 0.500. The average molecular weight is 362 g/mol. The van der Waals surface area contributed by atoms with Crippen LogP contribution >= 0.6 is 11.6 Å². The Hall–Kier alpha value is -1.81. The number of aromatic nitrogens is 2. The lowest BCUT2D eigenvalue weighted by Gasteiger charge is -2.08. The monoisotopic (exact) mass is 361 g/mol. The van der Waals surface area contributed by atoms with Gasteiger partial charge in [-0.3, -0.25) is 9.48 Å². The Morgan fingerprint density at radius 3 is 2.52 bits per heavy atom. The molecule has 0 bridgehead atoms. The second kappa shape index (κ2) is 9.04. The number of rotatable bonds is 8. The summed E-state index contributed by atoms with van der Waals surface area (Å²) >= 11 is 5.87. The molecule has 0 aliphatic rings. The van der Waals surface area contributed by atoms with E-state index < -0.39 is 0 Å². The van der Waals surface area contributed by atoms with Gasteiger partial charge in [-0.2, -0.15) is 5.10 Å². The molecule has 0 unspecified atom stereocenters. The summed E-state index contributed by atoms with van der Waals surface area (Å²) in [5, 5.41) is 8.34. The Balaban J connectivity index is 1.80. The van der Waals surface area contributed by atoms with Crippen LogP contribution in [0, 0.1) is 19.8 Å². The number of nitrogens with one attached hydrogen (secondary N) is 1. The number of benzene rings is 1. The molecule has 5 heteroatoms. The van der Waals surface area contributed by atoms with Crippen molar-refractivity contribution in [1.29, 1.82) is 0 Å². The van der Waals surface area contributed by atoms with Gasteiger partial charge in [0.25, 0.3) is 0 Å². The number of aryl methyl sites for hydroxylation is 1. The van der Waals surface area contributed by atoms with E-state index in [-0.39, 0.29) is 5.91 Å². The molecule has 1 N–H and O–H groups in total. The van der Waals surface area contributed by atoms with Gasteiger partial charge in [-0.25, -0.2) is 0 Å². The summed E-state index contributed by atoms with van der Waals surface area (Å²) in [5.41, 5.74) is 4.59. The first-order valence-electron chi connectivity index (χ1n) is 8.91. The zero-order valence-electron chi connectivity index (χ0n) is 15.6. The largest absolute Gasteiger partial charge is 0.356 e. The molecule has 2 aromatic rings. The second-order valence-electron chi connectivity index (χ2n) is 6.95. The molecule has 0 saturated carbocycles. The number of nitrogens with zero attached hydrogens (tertiary/aromatic N) is 2. The summed E-state index contributed by atoms with van der Waals surface area (Å²) in [6.45, 7) is 10.0. The van der Waals surface area contributed by atoms with E-state index in [2.05, 4.69) is 35.9 Å². The minimum absolute atomic E-state index is 0.0874. The topological polar surface area (TPSA) is 46.9 Å². The van der Waals surface area contributed by atoms with Gasteiger partial charge in [-0.05, 0) is 55.9 Å². The maximum Gasteiger partial charge on any atom is 0.220 e. The van der Waals surface area contributed by atoms with Crippen LogP contribution in [0.15, 0.2) is 24.3 Å². The van der Waals surface area contributed by atoms with Crippen molar-refractivity contribution in [2.75, 3.05) is 6.54 Å². The van der Waals surface area contributed by atoms with E-state index in [1.807, 2.05) is 31.2 Å². The molecule has 0 saturated heterocycles. The molecule has 1 aromatic carbocycles. The van der Waals surface area contributed by atoms with Gasteiger partial charge < -0.3 is 5.32 Å². The zero-order valence-corrected chi connectivity index (χ0v) is 16.4. The number of amides is 1. The summed E-state index contributed by atoms with van der Waals surface area (Å²) in [6, 6.07) is 7.73. The predicted molar refractivity (Wildman–Crippen MR) is 103 cm³/mol. The van der Waals surface area contributed by atoms with E-state index >= 15 is 0 Å². The van der Waals surface area contributed by atoms with Crippen molar-refractivity contribution < 1.29 is 4.79 Å². The summed E-state index contributed by atoms with van der Waals surface area (Å²) in [6.07, 6.45) is 2.05. The average Bonchev–Trinajstić information content (AvgIpc) is 2.80. The third-order valence-corrected chi connectivity index (χ3v) is 4.57. The molecule has 0 fully saturated rings. The van der Waals surface area contributed by atoms with Gasteiger partial charge in [0.2, 0.25) is 5.91 Å². The van der Waals surface area contributed by atoms with Crippen molar-refractivity contribution in [3.63, 3.8) is 0 Å². The van der Waals surface area contributed by atoms with Crippen molar-refractivity contribution >= 4 is 17.5 Å². The molecule has 136 valence electrons. The van der Waals surface area contributed by atoms with E-state index in [9.17, 15) is 4.79 Å². The molecule has 0 aliphatic carbocycles. The summed E-state index contributed by atoms with van der Waals surface area (Å²) in [7, 11) is 0. The number of halogens is 1. The summed E-state index contributed by atoms with van der Waals surface area (Å²) in [4.78, 5) is 12.1. The molecule has 0 atom stereocenters. The molecule has 2 rings (SSSR count). The summed E-state index contributed by atoms with van der Waals surface area (Å²) in [5.74, 6) is 0.645. The molecule has 4 nitrogen and oxygen atoms in total. The van der Waals surface area contributed by atoms with Crippen molar-refractivity contribution in [3.05, 3.63) is 51.8 Å². The maximum atomic E-state index is 12.1. The number of hydrogen-bond donors (Lipinski definition) is 1. The van der Waals surface area contributed by atoms with Gasteiger partial charge in [0.15, 0.2) is 0 Å². The van der Waals surface area contributed by atoms with E-state index in [1.165, 1.54) is 16.8 Å². The van der Waals surface area contributed by atoms with Crippen LogP contribution in [-0.4, -0.2) is 22.2 Å². The van der Waals surface area contributed by atoms with E-state index in [0.29, 0.717) is 18.9 Å². The van der Waals surface area contributed by atoms with Crippen molar-refractivity contribution in [1.82, 2.24) is 15.1 Å². The third-order valence-electron chi connectivity index (χ3n) is 4.32. The fourth-order valence-corrected chi connectivity index (χ4v) is 3.07. The normalized spacial score (nSPS) is 11.1. The minimum atomic E-state index is 0.0874. The number of carbonyl (C=O) groups is 1. The highest BCUT2D eigenvalue weighted by atomic mass is 35.5. The Bertz CT molecular complexity index is 704. The van der Waals surface area contributed by atoms with E-state index in [0.717, 1.165) is 30.1 Å². The lowest BCUT2D eigenvalue weighted by molar-refractivity contribution is -0.121. The van der Waals surface area contributed by atoms with Gasteiger partial charge in [-0.1, -0.05) is 37.6 Å². The quantitative estimate of drug-likeness (QED) is 0.769. The predicted octanol–water partition coefficient (Wildman–Crippen LogP) is 4.10. The van der Waals surface area contributed by atoms with Gasteiger partial charge >= 0.3 is 0 Å². The molecular weight excluding hydrogens is 334 g/mol. The van der Waals surface area contributed by atoms with Gasteiger partial charge in [0, 0.05) is 30.2 Å². The molecule has 0 spiro atoms. The van der Waals surface area contributed by atoms with Crippen LogP contribution < -0.4 is 5.32 Å². The Morgan fingerprint density at radius 2 is 1.88 bits per heavy atom. The van der Waals surface area contributed by atoms with E-state index in [1.54, 1.807) is 0 Å². The van der Waals surface area contributed by atoms with Crippen LogP contribution in [-0.2, 0) is 24.2 Å². The third kappa shape index (κ3) is 5.89. The lowest BCUT2D eigenvalue weighted by Crippen LogP contribution is -2.26. The first kappa shape index (κ1) is 19.5. The lowest BCUT2D eigenvalue weighted by atomic mass is 10.1. The van der Waals surface area contributed by atoms with Gasteiger partial charge in [-0.15, -0.1) is 0 Å². The standard InChI is InChI=1S/C20H28ClN3O/c1-14(2)13-24-16(4)19(15(3)23-24)9-10-20(25)22-12-11-17-5-7-18(21)8-6-17/h5-8,14H,9-13H2,1-4H3,(H,22,25). The first-order valence-corrected chi connectivity index (χ1v) is 9.28. The fourth-order valence-electron chi connectivity index (χ4n) is 2.94. The van der Waals surface area contributed by atoms with Crippen molar-refractivity contribution in [2.24, 2.45) is 5.92 Å². The van der Waals surface area contributed by atoms with Crippen molar-refractivity contribution in [2.45, 2.75) is 53.5 Å². The minimum Gasteiger partial charge on any atom is -0.356 e. The molecule has 1 heterocycles. The number of carbonyl (C=O) groups excluding carboxylic acids is 1. The van der Waals surface area contributed by atoms with Gasteiger partial charge in [0.1, 0.15) is 0 Å². The highest BCUT2D eigenvalue weighted by Crippen LogP contribution is 2.16. The molecular formula is C20H28ClN3O. The Morgan fingerprint density at radius 1 is 1.20 bits per heavy atom. The Labute approximate surface area is 155 Å². The maximum absolute atomic E-state index is 12.1. The highest BCUT2D eigenvalue weighted by molar-refractivity contribution is 6.30. The van der Waals surface area contributed by atoms with Gasteiger partial charge in [0.05, 0.1) is 5.69 Å². The highest BCUT2D eigenvalue weighted by Gasteiger charge is 2.13. The number of hydrogen-bond acceptors (Lipinski definition) is 2. The van der Waals surface area contributed by atoms with Crippen LogP contribution in [0.2, 0.25) is 5.02 Å². The van der Waals surface area contributed by atoms with Crippen molar-refractivity contribution in [3.8, 4) is 0 Å². The SMILES string of the molecule is Cc1nn(CC(C)C)c(C)c1CCC(=O)NCCc1ccc(Cl)cc1. The molecule has 1 aromatic heterocycles. The zero-order chi connectivity index (χ0) is 18.4. The van der Waals surface area contributed by atoms with Crippen LogP contribution in [0.5, 0.6) is 0 Å². The van der Waals surface area contributed by atoms with Crippen LogP contribution in [0.3, 0.4) is 0 Å².